The van der Waals surface area contributed by atoms with E-state index in [1.54, 1.807) is 0 Å². The van der Waals surface area contributed by atoms with Crippen LogP contribution in [-0.4, -0.2) is 31.7 Å². The summed E-state index contributed by atoms with van der Waals surface area (Å²) >= 11 is 3.57. The molecule has 0 bridgehead atoms. The Morgan fingerprint density at radius 3 is 2.76 bits per heavy atom. The number of ether oxygens (including phenoxy) is 1. The van der Waals surface area contributed by atoms with Crippen LogP contribution in [0.4, 0.5) is 0 Å². The summed E-state index contributed by atoms with van der Waals surface area (Å²) in [6, 6.07) is 8.63. The molecule has 2 aliphatic rings. The normalized spacial score (nSPS) is 25.7. The molecule has 1 aliphatic heterocycles. The van der Waals surface area contributed by atoms with Crippen LogP contribution in [0.5, 0.6) is 0 Å². The van der Waals surface area contributed by atoms with E-state index in [0.29, 0.717) is 6.54 Å². The lowest BCUT2D eigenvalue weighted by molar-refractivity contribution is -0.126. The van der Waals surface area contributed by atoms with Crippen LogP contribution in [0.1, 0.15) is 44.1 Å². The van der Waals surface area contributed by atoms with Gasteiger partial charge in [-0.3, -0.25) is 4.79 Å². The van der Waals surface area contributed by atoms with E-state index < -0.39 is 0 Å². The first kappa shape index (κ1) is 20.7. The average Bonchev–Trinajstić information content (AvgIpc) is 2.60. The van der Waals surface area contributed by atoms with E-state index in [-0.39, 0.29) is 35.7 Å². The Balaban J connectivity index is 0.00000225. The molecule has 1 amide bonds. The zero-order valence-corrected chi connectivity index (χ0v) is 16.9. The molecule has 1 aromatic carbocycles. The van der Waals surface area contributed by atoms with E-state index in [1.165, 1.54) is 5.56 Å². The van der Waals surface area contributed by atoms with Gasteiger partial charge in [0.05, 0.1) is 0 Å². The lowest BCUT2D eigenvalue weighted by Crippen LogP contribution is -2.47. The Labute approximate surface area is 164 Å². The summed E-state index contributed by atoms with van der Waals surface area (Å²) in [5.41, 5.74) is 7.28. The maximum Gasteiger partial charge on any atom is 0.223 e. The van der Waals surface area contributed by atoms with Gasteiger partial charge < -0.3 is 15.8 Å². The fraction of sp³-hybridized carbons (Fsp3) is 0.632. The van der Waals surface area contributed by atoms with Crippen molar-refractivity contribution in [3.8, 4) is 0 Å². The van der Waals surface area contributed by atoms with Gasteiger partial charge in [0.25, 0.3) is 0 Å². The number of carbonyl (C=O) groups is 1. The number of nitrogens with one attached hydrogen (secondary N) is 1. The van der Waals surface area contributed by atoms with Crippen LogP contribution in [0.15, 0.2) is 28.7 Å². The van der Waals surface area contributed by atoms with Gasteiger partial charge >= 0.3 is 0 Å². The Morgan fingerprint density at radius 1 is 1.32 bits per heavy atom. The summed E-state index contributed by atoms with van der Waals surface area (Å²) in [5, 5.41) is 3.24. The standard InChI is InChI=1S/C19H27BrN2O2.ClH/c20-16-5-2-4-15(12-16)19(7-9-24-10-8-19)13-22-18(23)14-3-1-6-17(21)11-14;/h2,4-5,12,14,17H,1,3,6-11,13,21H2,(H,22,23);1H. The van der Waals surface area contributed by atoms with Crippen molar-refractivity contribution in [3.63, 3.8) is 0 Å². The molecule has 1 aromatic rings. The van der Waals surface area contributed by atoms with Crippen molar-refractivity contribution < 1.29 is 9.53 Å². The van der Waals surface area contributed by atoms with Crippen LogP contribution in [0, 0.1) is 5.92 Å². The highest BCUT2D eigenvalue weighted by atomic mass is 79.9. The van der Waals surface area contributed by atoms with E-state index in [4.69, 9.17) is 10.5 Å². The summed E-state index contributed by atoms with van der Waals surface area (Å²) in [6.07, 6.45) is 5.76. The molecule has 0 spiro atoms. The number of benzene rings is 1. The molecule has 6 heteroatoms. The first-order chi connectivity index (χ1) is 11.6. The number of hydrogen-bond donors (Lipinski definition) is 2. The van der Waals surface area contributed by atoms with Crippen LogP contribution >= 0.6 is 28.3 Å². The second-order valence-electron chi connectivity index (χ2n) is 7.24. The molecule has 25 heavy (non-hydrogen) atoms. The summed E-state index contributed by atoms with van der Waals surface area (Å²) in [5.74, 6) is 0.249. The maximum atomic E-state index is 12.6. The van der Waals surface area contributed by atoms with Crippen LogP contribution < -0.4 is 11.1 Å². The molecule has 3 rings (SSSR count). The molecule has 140 valence electrons. The predicted octanol–water partition coefficient (Wildman–Crippen LogP) is 3.55. The summed E-state index contributed by atoms with van der Waals surface area (Å²) in [6.45, 7) is 2.17. The molecule has 1 saturated carbocycles. The molecule has 3 N–H and O–H groups in total. The topological polar surface area (TPSA) is 64.4 Å². The van der Waals surface area contributed by atoms with E-state index >= 15 is 0 Å². The van der Waals surface area contributed by atoms with Gasteiger partial charge in [0.1, 0.15) is 0 Å². The minimum Gasteiger partial charge on any atom is -0.381 e. The van der Waals surface area contributed by atoms with Crippen LogP contribution in [0.2, 0.25) is 0 Å². The Hall–Kier alpha value is -0.620. The maximum absolute atomic E-state index is 12.6. The van der Waals surface area contributed by atoms with Gasteiger partial charge in [-0.2, -0.15) is 0 Å². The quantitative estimate of drug-likeness (QED) is 0.766. The van der Waals surface area contributed by atoms with Gasteiger partial charge in [0.2, 0.25) is 5.91 Å². The van der Waals surface area contributed by atoms with Gasteiger partial charge in [-0.1, -0.05) is 34.5 Å². The van der Waals surface area contributed by atoms with Crippen molar-refractivity contribution in [1.82, 2.24) is 5.32 Å². The second-order valence-corrected chi connectivity index (χ2v) is 8.16. The third-order valence-corrected chi connectivity index (χ3v) is 6.07. The van der Waals surface area contributed by atoms with E-state index in [2.05, 4.69) is 39.4 Å². The molecular formula is C19H28BrClN2O2. The monoisotopic (exact) mass is 430 g/mol. The third kappa shape index (κ3) is 5.19. The third-order valence-electron chi connectivity index (χ3n) is 5.57. The molecule has 1 saturated heterocycles. The minimum absolute atomic E-state index is 0. The fourth-order valence-electron chi connectivity index (χ4n) is 4.01. The van der Waals surface area contributed by atoms with Crippen molar-refractivity contribution in [2.75, 3.05) is 19.8 Å². The van der Waals surface area contributed by atoms with Crippen molar-refractivity contribution >= 4 is 34.2 Å². The molecule has 1 aliphatic carbocycles. The highest BCUT2D eigenvalue weighted by Crippen LogP contribution is 2.35. The number of rotatable bonds is 4. The molecule has 2 fully saturated rings. The van der Waals surface area contributed by atoms with E-state index in [0.717, 1.165) is 56.2 Å². The zero-order valence-electron chi connectivity index (χ0n) is 14.5. The Kier molecular flexibility index (Phi) is 7.74. The zero-order chi connectivity index (χ0) is 17.0. The van der Waals surface area contributed by atoms with Gasteiger partial charge in [0.15, 0.2) is 0 Å². The fourth-order valence-corrected chi connectivity index (χ4v) is 4.41. The van der Waals surface area contributed by atoms with Gasteiger partial charge in [-0.15, -0.1) is 12.4 Å². The Bertz CT molecular complexity index is 578. The van der Waals surface area contributed by atoms with Gasteiger partial charge in [0, 0.05) is 41.6 Å². The van der Waals surface area contributed by atoms with Crippen molar-refractivity contribution in [2.24, 2.45) is 11.7 Å². The summed E-state index contributed by atoms with van der Waals surface area (Å²) in [7, 11) is 0. The first-order valence-corrected chi connectivity index (χ1v) is 9.75. The molecule has 2 atom stereocenters. The van der Waals surface area contributed by atoms with E-state index in [1.807, 2.05) is 6.07 Å². The highest BCUT2D eigenvalue weighted by Gasteiger charge is 2.36. The number of hydrogen-bond acceptors (Lipinski definition) is 3. The van der Waals surface area contributed by atoms with Gasteiger partial charge in [-0.25, -0.2) is 0 Å². The number of amides is 1. The van der Waals surface area contributed by atoms with Crippen molar-refractivity contribution in [2.45, 2.75) is 50.0 Å². The molecule has 0 radical (unpaired) electrons. The molecule has 2 unspecified atom stereocenters. The number of halogens is 2. The van der Waals surface area contributed by atoms with Crippen molar-refractivity contribution in [3.05, 3.63) is 34.3 Å². The first-order valence-electron chi connectivity index (χ1n) is 8.96. The SMILES string of the molecule is Cl.NC1CCCC(C(=O)NCC2(c3cccc(Br)c3)CCOCC2)C1. The molecular weight excluding hydrogens is 404 g/mol. The van der Waals surface area contributed by atoms with Gasteiger partial charge in [-0.05, 0) is 49.8 Å². The molecule has 1 heterocycles. The Morgan fingerprint density at radius 2 is 2.08 bits per heavy atom. The lowest BCUT2D eigenvalue weighted by Gasteiger charge is -2.38. The van der Waals surface area contributed by atoms with Crippen LogP contribution in [-0.2, 0) is 14.9 Å². The highest BCUT2D eigenvalue weighted by molar-refractivity contribution is 9.10. The average molecular weight is 432 g/mol. The van der Waals surface area contributed by atoms with E-state index in [9.17, 15) is 4.79 Å². The lowest BCUT2D eigenvalue weighted by atomic mass is 9.74. The predicted molar refractivity (Wildman–Crippen MR) is 106 cm³/mol. The second kappa shape index (κ2) is 9.36. The van der Waals surface area contributed by atoms with Crippen LogP contribution in [0.3, 0.4) is 0 Å². The summed E-state index contributed by atoms with van der Waals surface area (Å²) < 4.78 is 6.65. The number of nitrogens with two attached hydrogens (primary N) is 1. The van der Waals surface area contributed by atoms with Crippen LogP contribution in [0.25, 0.3) is 0 Å². The number of carbonyl (C=O) groups excluding carboxylic acids is 1. The van der Waals surface area contributed by atoms with Crippen molar-refractivity contribution in [1.29, 1.82) is 0 Å². The summed E-state index contributed by atoms with van der Waals surface area (Å²) in [4.78, 5) is 12.6. The minimum atomic E-state index is -0.0333. The largest absolute Gasteiger partial charge is 0.381 e. The smallest absolute Gasteiger partial charge is 0.223 e. The molecule has 0 aromatic heterocycles. The molecule has 4 nitrogen and oxygen atoms in total.